The Morgan fingerprint density at radius 3 is 2.83 bits per heavy atom. The quantitative estimate of drug-likeness (QED) is 0.835. The maximum absolute atomic E-state index is 3.61. The first-order valence-corrected chi connectivity index (χ1v) is 7.32. The zero-order valence-electron chi connectivity index (χ0n) is 11.9. The van der Waals surface area contributed by atoms with Crippen LogP contribution in [0.4, 0.5) is 0 Å². The van der Waals surface area contributed by atoms with Gasteiger partial charge >= 0.3 is 0 Å². The van der Waals surface area contributed by atoms with Gasteiger partial charge in [0.2, 0.25) is 0 Å². The normalized spacial score (nSPS) is 18.3. The van der Waals surface area contributed by atoms with Crippen LogP contribution in [0.15, 0.2) is 18.5 Å². The number of hydrogen-bond donors (Lipinski definition) is 1. The zero-order valence-corrected chi connectivity index (χ0v) is 11.9. The average molecular weight is 249 g/mol. The topological polar surface area (TPSA) is 20.2 Å². The molecule has 1 aliphatic rings. The van der Waals surface area contributed by atoms with E-state index in [2.05, 4.69) is 47.2 Å². The van der Waals surface area contributed by atoms with E-state index in [9.17, 15) is 0 Å². The molecule has 2 rings (SSSR count). The van der Waals surface area contributed by atoms with Crippen molar-refractivity contribution < 1.29 is 0 Å². The number of hydrogen-bond acceptors (Lipinski definition) is 2. The molecule has 1 saturated heterocycles. The van der Waals surface area contributed by atoms with E-state index in [-0.39, 0.29) is 0 Å². The summed E-state index contributed by atoms with van der Waals surface area (Å²) in [5.74, 6) is 0.874. The number of piperidine rings is 1. The van der Waals surface area contributed by atoms with Gasteiger partial charge in [0.05, 0.1) is 0 Å². The lowest BCUT2D eigenvalue weighted by atomic mass is 9.97. The standard InChI is InChI=1S/C15H27N3/c1-3-7-18-10-6-15(13-18)12-16-11-14-4-8-17(2)9-5-14/h6,10,13-14,16H,3-5,7-9,11-12H2,1-2H3. The van der Waals surface area contributed by atoms with Gasteiger partial charge in [-0.2, -0.15) is 0 Å². The second kappa shape index (κ2) is 6.95. The molecule has 1 aliphatic heterocycles. The minimum atomic E-state index is 0.874. The van der Waals surface area contributed by atoms with E-state index in [1.807, 2.05) is 0 Å². The molecule has 3 heteroatoms. The molecule has 0 aliphatic carbocycles. The number of rotatable bonds is 6. The van der Waals surface area contributed by atoms with Gasteiger partial charge in [-0.15, -0.1) is 0 Å². The Morgan fingerprint density at radius 1 is 1.33 bits per heavy atom. The fraction of sp³-hybridized carbons (Fsp3) is 0.733. The van der Waals surface area contributed by atoms with Crippen molar-refractivity contribution in [2.75, 3.05) is 26.7 Å². The van der Waals surface area contributed by atoms with Crippen LogP contribution in [0.1, 0.15) is 31.7 Å². The third-order valence-electron chi connectivity index (χ3n) is 3.89. The Hall–Kier alpha value is -0.800. The highest BCUT2D eigenvalue weighted by molar-refractivity contribution is 5.09. The molecule has 18 heavy (non-hydrogen) atoms. The average Bonchev–Trinajstić information content (AvgIpc) is 2.80. The van der Waals surface area contributed by atoms with E-state index in [1.54, 1.807) is 0 Å². The molecular weight excluding hydrogens is 222 g/mol. The summed E-state index contributed by atoms with van der Waals surface area (Å²) < 4.78 is 2.28. The molecule has 0 amide bonds. The minimum Gasteiger partial charge on any atom is -0.354 e. The maximum atomic E-state index is 3.61. The van der Waals surface area contributed by atoms with Gasteiger partial charge in [0, 0.05) is 25.5 Å². The zero-order chi connectivity index (χ0) is 12.8. The van der Waals surface area contributed by atoms with Gasteiger partial charge in [0.15, 0.2) is 0 Å². The van der Waals surface area contributed by atoms with Gasteiger partial charge in [-0.1, -0.05) is 6.92 Å². The van der Waals surface area contributed by atoms with E-state index >= 15 is 0 Å². The summed E-state index contributed by atoms with van der Waals surface area (Å²) in [6.07, 6.45) is 8.36. The Balaban J connectivity index is 1.65. The van der Waals surface area contributed by atoms with Crippen molar-refractivity contribution in [1.29, 1.82) is 0 Å². The first-order chi connectivity index (χ1) is 8.78. The van der Waals surface area contributed by atoms with Gasteiger partial charge in [-0.3, -0.25) is 0 Å². The van der Waals surface area contributed by atoms with Crippen molar-refractivity contribution in [3.05, 3.63) is 24.0 Å². The largest absolute Gasteiger partial charge is 0.354 e. The van der Waals surface area contributed by atoms with Crippen molar-refractivity contribution in [2.24, 2.45) is 5.92 Å². The monoisotopic (exact) mass is 249 g/mol. The van der Waals surface area contributed by atoms with Crippen LogP contribution in [0.3, 0.4) is 0 Å². The Morgan fingerprint density at radius 2 is 2.11 bits per heavy atom. The number of aryl methyl sites for hydroxylation is 1. The number of aromatic nitrogens is 1. The molecule has 0 spiro atoms. The summed E-state index contributed by atoms with van der Waals surface area (Å²) in [5, 5.41) is 3.61. The maximum Gasteiger partial charge on any atom is 0.0220 e. The summed E-state index contributed by atoms with van der Waals surface area (Å²) in [7, 11) is 2.22. The first-order valence-electron chi connectivity index (χ1n) is 7.32. The molecule has 0 unspecified atom stereocenters. The Labute approximate surface area is 111 Å². The van der Waals surface area contributed by atoms with Crippen LogP contribution in [0.25, 0.3) is 0 Å². The third-order valence-corrected chi connectivity index (χ3v) is 3.89. The van der Waals surface area contributed by atoms with E-state index in [4.69, 9.17) is 0 Å². The van der Waals surface area contributed by atoms with Crippen LogP contribution in [-0.4, -0.2) is 36.1 Å². The summed E-state index contributed by atoms with van der Waals surface area (Å²) in [4.78, 5) is 2.43. The van der Waals surface area contributed by atoms with Gasteiger partial charge in [0.1, 0.15) is 0 Å². The smallest absolute Gasteiger partial charge is 0.0220 e. The molecule has 1 fully saturated rings. The molecule has 0 saturated carbocycles. The second-order valence-corrected chi connectivity index (χ2v) is 5.64. The molecular formula is C15H27N3. The number of nitrogens with one attached hydrogen (secondary N) is 1. The summed E-state index contributed by atoms with van der Waals surface area (Å²) in [6, 6.07) is 2.23. The van der Waals surface area contributed by atoms with Crippen LogP contribution in [0.2, 0.25) is 0 Å². The van der Waals surface area contributed by atoms with Crippen molar-refractivity contribution in [1.82, 2.24) is 14.8 Å². The third kappa shape index (κ3) is 4.14. The molecule has 3 nitrogen and oxygen atoms in total. The predicted octanol–water partition coefficient (Wildman–Crippen LogP) is 2.33. The Bertz CT molecular complexity index is 337. The molecule has 0 bridgehead atoms. The number of nitrogens with zero attached hydrogens (tertiary/aromatic N) is 2. The second-order valence-electron chi connectivity index (χ2n) is 5.64. The van der Waals surface area contributed by atoms with E-state index in [0.29, 0.717) is 0 Å². The summed E-state index contributed by atoms with van der Waals surface area (Å²) in [6.45, 7) is 8.07. The van der Waals surface area contributed by atoms with Crippen LogP contribution >= 0.6 is 0 Å². The molecule has 1 N–H and O–H groups in total. The lowest BCUT2D eigenvalue weighted by molar-refractivity contribution is 0.216. The summed E-state index contributed by atoms with van der Waals surface area (Å²) in [5.41, 5.74) is 1.41. The van der Waals surface area contributed by atoms with Crippen molar-refractivity contribution in [3.63, 3.8) is 0 Å². The van der Waals surface area contributed by atoms with Gasteiger partial charge in [-0.05, 0) is 63.5 Å². The van der Waals surface area contributed by atoms with Gasteiger partial charge in [0.25, 0.3) is 0 Å². The van der Waals surface area contributed by atoms with Crippen LogP contribution in [-0.2, 0) is 13.1 Å². The highest BCUT2D eigenvalue weighted by Crippen LogP contribution is 2.14. The summed E-state index contributed by atoms with van der Waals surface area (Å²) >= 11 is 0. The molecule has 1 aromatic rings. The highest BCUT2D eigenvalue weighted by atomic mass is 15.1. The fourth-order valence-electron chi connectivity index (χ4n) is 2.68. The first kappa shape index (κ1) is 13.6. The number of likely N-dealkylation sites (tertiary alicyclic amines) is 1. The van der Waals surface area contributed by atoms with Crippen molar-refractivity contribution in [2.45, 2.75) is 39.3 Å². The fourth-order valence-corrected chi connectivity index (χ4v) is 2.68. The molecule has 1 aromatic heterocycles. The minimum absolute atomic E-state index is 0.874. The highest BCUT2D eigenvalue weighted by Gasteiger charge is 2.15. The van der Waals surface area contributed by atoms with Crippen molar-refractivity contribution in [3.8, 4) is 0 Å². The van der Waals surface area contributed by atoms with Crippen LogP contribution in [0.5, 0.6) is 0 Å². The van der Waals surface area contributed by atoms with E-state index in [0.717, 1.165) is 19.0 Å². The van der Waals surface area contributed by atoms with E-state index in [1.165, 1.54) is 44.5 Å². The van der Waals surface area contributed by atoms with Crippen LogP contribution in [0, 0.1) is 5.92 Å². The molecule has 0 aromatic carbocycles. The lowest BCUT2D eigenvalue weighted by Crippen LogP contribution is -2.34. The van der Waals surface area contributed by atoms with Crippen LogP contribution < -0.4 is 5.32 Å². The van der Waals surface area contributed by atoms with E-state index < -0.39 is 0 Å². The molecule has 2 heterocycles. The molecule has 0 atom stereocenters. The SMILES string of the molecule is CCCn1ccc(CNCC2CCN(C)CC2)c1. The Kier molecular flexibility index (Phi) is 5.26. The van der Waals surface area contributed by atoms with Gasteiger partial charge in [-0.25, -0.2) is 0 Å². The van der Waals surface area contributed by atoms with Crippen molar-refractivity contribution >= 4 is 0 Å². The predicted molar refractivity (Wildman–Crippen MR) is 76.7 cm³/mol. The lowest BCUT2D eigenvalue weighted by Gasteiger charge is -2.29. The molecule has 102 valence electrons. The van der Waals surface area contributed by atoms with Gasteiger partial charge < -0.3 is 14.8 Å². The molecule has 0 radical (unpaired) electrons.